The van der Waals surface area contributed by atoms with Crippen molar-refractivity contribution < 1.29 is 14.6 Å². The number of hydrogen-bond donors (Lipinski definition) is 3. The van der Waals surface area contributed by atoms with E-state index in [9.17, 15) is 9.90 Å². The summed E-state index contributed by atoms with van der Waals surface area (Å²) in [6.07, 6.45) is 11.8. The van der Waals surface area contributed by atoms with Gasteiger partial charge in [-0.3, -0.25) is 0 Å². The Labute approximate surface area is 214 Å². The maximum atomic E-state index is 11.9. The number of pyridine rings is 1. The van der Waals surface area contributed by atoms with Crippen LogP contribution in [0.1, 0.15) is 68.2 Å². The van der Waals surface area contributed by atoms with E-state index < -0.39 is 12.0 Å². The fraction of sp³-hybridized carbons (Fsp3) is 0.630. The minimum atomic E-state index is -0.892. The van der Waals surface area contributed by atoms with Crippen LogP contribution in [0, 0.1) is 0 Å². The van der Waals surface area contributed by atoms with E-state index in [-0.39, 0.29) is 6.10 Å². The topological polar surface area (TPSA) is 113 Å². The van der Waals surface area contributed by atoms with Crippen molar-refractivity contribution in [3.05, 3.63) is 41.3 Å². The van der Waals surface area contributed by atoms with Crippen molar-refractivity contribution in [2.24, 2.45) is 0 Å². The van der Waals surface area contributed by atoms with E-state index in [2.05, 4.69) is 37.6 Å². The number of unbranched alkanes of at least 4 members (excludes halogenated alkanes) is 1. The van der Waals surface area contributed by atoms with Gasteiger partial charge in [-0.25, -0.2) is 19.7 Å². The Balaban J connectivity index is 1.25. The van der Waals surface area contributed by atoms with E-state index >= 15 is 0 Å². The van der Waals surface area contributed by atoms with Gasteiger partial charge < -0.3 is 25.4 Å². The van der Waals surface area contributed by atoms with Crippen LogP contribution in [0.4, 0.5) is 11.8 Å². The predicted molar refractivity (Wildman–Crippen MR) is 141 cm³/mol. The molecular weight excluding hydrogens is 456 g/mol. The predicted octanol–water partition coefficient (Wildman–Crippen LogP) is 3.72. The van der Waals surface area contributed by atoms with Gasteiger partial charge in [-0.2, -0.15) is 0 Å². The molecule has 0 radical (unpaired) electrons. The van der Waals surface area contributed by atoms with Gasteiger partial charge in [-0.1, -0.05) is 6.07 Å². The van der Waals surface area contributed by atoms with Gasteiger partial charge in [0.05, 0.1) is 6.10 Å². The SMILES string of the molecule is CO[C@H](C)CN(CCCCc1ccc2c(n1)NCCC2)CCC(Nc1ncc(C2CC2)cn1)C(=O)O. The molecule has 196 valence electrons. The molecule has 4 rings (SSSR count). The van der Waals surface area contributed by atoms with Crippen LogP contribution in [0.15, 0.2) is 24.5 Å². The van der Waals surface area contributed by atoms with E-state index in [0.29, 0.717) is 24.8 Å². The van der Waals surface area contributed by atoms with Crippen LogP contribution >= 0.6 is 0 Å². The minimum Gasteiger partial charge on any atom is -0.480 e. The fourth-order valence-electron chi connectivity index (χ4n) is 4.65. The molecule has 0 bridgehead atoms. The highest BCUT2D eigenvalue weighted by molar-refractivity contribution is 5.76. The molecule has 1 aliphatic heterocycles. The summed E-state index contributed by atoms with van der Waals surface area (Å²) in [6.45, 7) is 5.34. The second-order valence-electron chi connectivity index (χ2n) is 10.1. The third kappa shape index (κ3) is 7.86. The molecule has 0 saturated heterocycles. The van der Waals surface area contributed by atoms with Crippen LogP contribution in [0.3, 0.4) is 0 Å². The largest absolute Gasteiger partial charge is 0.480 e. The van der Waals surface area contributed by atoms with E-state index in [4.69, 9.17) is 9.72 Å². The normalized spacial score (nSPS) is 16.8. The molecule has 1 saturated carbocycles. The molecule has 2 atom stereocenters. The molecule has 36 heavy (non-hydrogen) atoms. The lowest BCUT2D eigenvalue weighted by Crippen LogP contribution is -2.38. The van der Waals surface area contributed by atoms with Crippen LogP contribution in [0.2, 0.25) is 0 Å². The van der Waals surface area contributed by atoms with Crippen molar-refractivity contribution >= 4 is 17.7 Å². The van der Waals surface area contributed by atoms with E-state index in [1.165, 1.54) is 24.8 Å². The molecule has 2 aliphatic rings. The molecule has 1 fully saturated rings. The number of aliphatic carboxylic acids is 1. The Kier molecular flexibility index (Phi) is 9.47. The zero-order valence-corrected chi connectivity index (χ0v) is 21.6. The van der Waals surface area contributed by atoms with Gasteiger partial charge in [0.1, 0.15) is 11.9 Å². The Morgan fingerprint density at radius 2 is 2.06 bits per heavy atom. The summed E-state index contributed by atoms with van der Waals surface area (Å²) in [5.74, 6) is 1.10. The number of rotatable bonds is 15. The first kappa shape index (κ1) is 26.3. The lowest BCUT2D eigenvalue weighted by atomic mass is 10.1. The van der Waals surface area contributed by atoms with Crippen molar-refractivity contribution in [2.75, 3.05) is 43.9 Å². The summed E-state index contributed by atoms with van der Waals surface area (Å²) in [5.41, 5.74) is 3.58. The van der Waals surface area contributed by atoms with Crippen LogP contribution in [-0.2, 0) is 22.4 Å². The first-order chi connectivity index (χ1) is 17.5. The van der Waals surface area contributed by atoms with Gasteiger partial charge in [-0.15, -0.1) is 0 Å². The standard InChI is InChI=1S/C27H40N6O3/c1-19(36-2)18-33(14-4-3-7-23-11-10-21-6-5-13-28-25(21)31-23)15-12-24(26(34)35)32-27-29-16-22(17-30-27)20-8-9-20/h10-11,16-17,19-20,24H,3-9,12-15,18H2,1-2H3,(H,28,31)(H,34,35)(H,29,30,32)/t19-,24?/m1/s1. The first-order valence-corrected chi connectivity index (χ1v) is 13.3. The van der Waals surface area contributed by atoms with Gasteiger partial charge in [0.2, 0.25) is 5.95 Å². The smallest absolute Gasteiger partial charge is 0.326 e. The van der Waals surface area contributed by atoms with Crippen LogP contribution < -0.4 is 10.6 Å². The third-order valence-corrected chi connectivity index (χ3v) is 7.08. The monoisotopic (exact) mass is 496 g/mol. The van der Waals surface area contributed by atoms with Crippen molar-refractivity contribution in [3.8, 4) is 0 Å². The second-order valence-corrected chi connectivity index (χ2v) is 10.1. The molecule has 9 heteroatoms. The molecule has 0 spiro atoms. The molecule has 2 aromatic rings. The number of aryl methyl sites for hydroxylation is 2. The zero-order valence-electron chi connectivity index (χ0n) is 21.6. The number of carbonyl (C=O) groups is 1. The summed E-state index contributed by atoms with van der Waals surface area (Å²) in [7, 11) is 1.71. The number of nitrogens with zero attached hydrogens (tertiary/aromatic N) is 4. The number of nitrogens with one attached hydrogen (secondary N) is 2. The fourth-order valence-corrected chi connectivity index (χ4v) is 4.65. The summed E-state index contributed by atoms with van der Waals surface area (Å²) in [4.78, 5) is 27.7. The lowest BCUT2D eigenvalue weighted by molar-refractivity contribution is -0.138. The van der Waals surface area contributed by atoms with Gasteiger partial charge in [0.25, 0.3) is 0 Å². The molecule has 3 N–H and O–H groups in total. The molecule has 9 nitrogen and oxygen atoms in total. The summed E-state index contributed by atoms with van der Waals surface area (Å²) < 4.78 is 5.48. The maximum Gasteiger partial charge on any atom is 0.326 e. The number of ether oxygens (including phenoxy) is 1. The number of hydrogen-bond acceptors (Lipinski definition) is 8. The second kappa shape index (κ2) is 13.0. The van der Waals surface area contributed by atoms with Crippen LogP contribution in [0.25, 0.3) is 0 Å². The van der Waals surface area contributed by atoms with Crippen LogP contribution in [-0.4, -0.2) is 76.4 Å². The van der Waals surface area contributed by atoms with Crippen molar-refractivity contribution in [1.29, 1.82) is 0 Å². The average Bonchev–Trinajstić information content (AvgIpc) is 3.74. The van der Waals surface area contributed by atoms with Gasteiger partial charge in [0.15, 0.2) is 0 Å². The lowest BCUT2D eigenvalue weighted by Gasteiger charge is -2.26. The van der Waals surface area contributed by atoms with Crippen LogP contribution in [0.5, 0.6) is 0 Å². The number of anilines is 2. The molecule has 2 aromatic heterocycles. The highest BCUT2D eigenvalue weighted by Gasteiger charge is 2.25. The Bertz CT molecular complexity index is 982. The highest BCUT2D eigenvalue weighted by Crippen LogP contribution is 2.39. The van der Waals surface area contributed by atoms with E-state index in [1.807, 2.05) is 19.3 Å². The van der Waals surface area contributed by atoms with Crippen molar-refractivity contribution in [1.82, 2.24) is 19.9 Å². The average molecular weight is 497 g/mol. The maximum absolute atomic E-state index is 11.9. The molecule has 3 heterocycles. The quantitative estimate of drug-likeness (QED) is 0.318. The zero-order chi connectivity index (χ0) is 25.3. The van der Waals surface area contributed by atoms with E-state index in [1.54, 1.807) is 7.11 Å². The molecule has 1 unspecified atom stereocenters. The van der Waals surface area contributed by atoms with E-state index in [0.717, 1.165) is 62.4 Å². The number of fused-ring (bicyclic) bond motifs is 1. The minimum absolute atomic E-state index is 0.0768. The van der Waals surface area contributed by atoms with Crippen molar-refractivity contribution in [3.63, 3.8) is 0 Å². The number of carboxylic acid groups (broad SMARTS) is 1. The summed E-state index contributed by atoms with van der Waals surface area (Å²) in [5, 5.41) is 16.2. The molecular formula is C27H40N6O3. The number of carboxylic acids is 1. The Morgan fingerprint density at radius 1 is 1.25 bits per heavy atom. The van der Waals surface area contributed by atoms with Gasteiger partial charge in [-0.05, 0) is 87.9 Å². The summed E-state index contributed by atoms with van der Waals surface area (Å²) >= 11 is 0. The molecule has 1 aliphatic carbocycles. The third-order valence-electron chi connectivity index (χ3n) is 7.08. The summed E-state index contributed by atoms with van der Waals surface area (Å²) in [6, 6.07) is 3.61. The number of methoxy groups -OCH3 is 1. The number of aromatic nitrogens is 3. The first-order valence-electron chi connectivity index (χ1n) is 13.3. The van der Waals surface area contributed by atoms with Crippen molar-refractivity contribution in [2.45, 2.75) is 76.4 Å². The molecule has 0 amide bonds. The van der Waals surface area contributed by atoms with Gasteiger partial charge >= 0.3 is 5.97 Å². The molecule has 0 aromatic carbocycles. The van der Waals surface area contributed by atoms with Gasteiger partial charge in [0, 0.05) is 44.8 Å². The Hall–Kier alpha value is -2.78. The Morgan fingerprint density at radius 3 is 2.78 bits per heavy atom. The highest BCUT2D eigenvalue weighted by atomic mass is 16.5.